The molecule has 1 aliphatic rings. The van der Waals surface area contributed by atoms with E-state index in [-0.39, 0.29) is 12.4 Å². The van der Waals surface area contributed by atoms with E-state index < -0.39 is 10.0 Å². The third-order valence-electron chi connectivity index (χ3n) is 5.58. The molecule has 0 N–H and O–H groups in total. The van der Waals surface area contributed by atoms with Crippen LogP contribution < -0.4 is 0 Å². The highest BCUT2D eigenvalue weighted by Gasteiger charge is 2.27. The number of nitrogens with zero attached hydrogens (tertiary/aromatic N) is 4. The minimum absolute atomic E-state index is 0.176. The van der Waals surface area contributed by atoms with Crippen LogP contribution in [0.3, 0.4) is 0 Å². The van der Waals surface area contributed by atoms with Gasteiger partial charge in [0.25, 0.3) is 0 Å². The van der Waals surface area contributed by atoms with Crippen LogP contribution in [0, 0.1) is 5.82 Å². The summed E-state index contributed by atoms with van der Waals surface area (Å²) in [5.74, 6) is -0.220. The molecule has 1 aliphatic heterocycles. The lowest BCUT2D eigenvalue weighted by Gasteiger charge is -2.28. The molecule has 1 aromatic heterocycles. The van der Waals surface area contributed by atoms with Crippen molar-refractivity contribution in [1.29, 1.82) is 0 Å². The maximum atomic E-state index is 14.2. The number of hydrogen-bond acceptors (Lipinski definition) is 4. The van der Waals surface area contributed by atoms with Gasteiger partial charge in [-0.25, -0.2) is 17.5 Å². The van der Waals surface area contributed by atoms with Crippen molar-refractivity contribution in [1.82, 2.24) is 19.0 Å². The van der Waals surface area contributed by atoms with Gasteiger partial charge in [-0.3, -0.25) is 4.90 Å². The largest absolute Gasteiger partial charge is 0.294 e. The Labute approximate surface area is 186 Å². The van der Waals surface area contributed by atoms with Crippen LogP contribution in [0.15, 0.2) is 48.5 Å². The predicted octanol–water partition coefficient (Wildman–Crippen LogP) is 3.61. The van der Waals surface area contributed by atoms with E-state index in [2.05, 4.69) is 4.90 Å². The molecular formula is C22H24ClFN4O2S. The molecule has 0 saturated carbocycles. The van der Waals surface area contributed by atoms with E-state index in [0.717, 1.165) is 29.9 Å². The van der Waals surface area contributed by atoms with Gasteiger partial charge in [0.1, 0.15) is 5.82 Å². The summed E-state index contributed by atoms with van der Waals surface area (Å²) in [4.78, 5) is 2.17. The molecule has 0 bridgehead atoms. The maximum Gasteiger partial charge on any atom is 0.211 e. The second kappa shape index (κ2) is 8.70. The SMILES string of the molecule is CN(Cc1nn(-c2ccc(Cl)cc2)c2c1CN(Cc1ccccc1F)CC2)S(C)(=O)=O. The van der Waals surface area contributed by atoms with E-state index in [0.29, 0.717) is 29.4 Å². The third kappa shape index (κ3) is 4.82. The Morgan fingerprint density at radius 2 is 1.87 bits per heavy atom. The summed E-state index contributed by atoms with van der Waals surface area (Å²) in [6.45, 7) is 1.99. The second-order valence-corrected chi connectivity index (χ2v) is 10.4. The van der Waals surface area contributed by atoms with E-state index in [1.165, 1.54) is 16.6 Å². The summed E-state index contributed by atoms with van der Waals surface area (Å²) >= 11 is 6.04. The molecule has 3 aromatic rings. The fourth-order valence-electron chi connectivity index (χ4n) is 3.80. The van der Waals surface area contributed by atoms with Gasteiger partial charge in [-0.1, -0.05) is 29.8 Å². The Bertz CT molecular complexity index is 1190. The number of sulfonamides is 1. The monoisotopic (exact) mass is 462 g/mol. The van der Waals surface area contributed by atoms with Crippen molar-refractivity contribution < 1.29 is 12.8 Å². The van der Waals surface area contributed by atoms with Gasteiger partial charge >= 0.3 is 0 Å². The van der Waals surface area contributed by atoms with Crippen molar-refractivity contribution in [2.24, 2.45) is 0 Å². The average Bonchev–Trinajstić information content (AvgIpc) is 3.07. The molecule has 31 heavy (non-hydrogen) atoms. The van der Waals surface area contributed by atoms with E-state index in [9.17, 15) is 12.8 Å². The standard InChI is InChI=1S/C22H24ClFN4O2S/c1-26(31(2,29)30)15-21-19-14-27(13-16-5-3-4-6-20(16)24)12-11-22(19)28(25-21)18-9-7-17(23)8-10-18/h3-10H,11-15H2,1-2H3. The Morgan fingerprint density at radius 3 is 2.55 bits per heavy atom. The van der Waals surface area contributed by atoms with Crippen molar-refractivity contribution in [3.05, 3.63) is 81.9 Å². The fourth-order valence-corrected chi connectivity index (χ4v) is 4.28. The Hall–Kier alpha value is -2.26. The van der Waals surface area contributed by atoms with Gasteiger partial charge in [-0.2, -0.15) is 9.40 Å². The molecule has 0 radical (unpaired) electrons. The number of aromatic nitrogens is 2. The first kappa shape index (κ1) is 22.0. The van der Waals surface area contributed by atoms with Crippen molar-refractivity contribution in [2.75, 3.05) is 19.8 Å². The van der Waals surface area contributed by atoms with Gasteiger partial charge in [0.05, 0.1) is 29.9 Å². The molecule has 9 heteroatoms. The lowest BCUT2D eigenvalue weighted by molar-refractivity contribution is 0.239. The van der Waals surface area contributed by atoms with Crippen LogP contribution in [0.4, 0.5) is 4.39 Å². The molecule has 0 spiro atoms. The molecule has 2 heterocycles. The second-order valence-electron chi connectivity index (χ2n) is 7.83. The molecule has 0 atom stereocenters. The minimum Gasteiger partial charge on any atom is -0.294 e. The van der Waals surface area contributed by atoms with Crippen LogP contribution in [-0.2, 0) is 36.1 Å². The summed E-state index contributed by atoms with van der Waals surface area (Å²) < 4.78 is 41.3. The molecule has 4 rings (SSSR count). The zero-order chi connectivity index (χ0) is 22.2. The summed E-state index contributed by atoms with van der Waals surface area (Å²) in [7, 11) is -1.81. The van der Waals surface area contributed by atoms with Gasteiger partial charge in [-0.15, -0.1) is 0 Å². The number of rotatable bonds is 6. The molecule has 2 aromatic carbocycles. The lowest BCUT2D eigenvalue weighted by Crippen LogP contribution is -2.32. The van der Waals surface area contributed by atoms with Gasteiger partial charge in [0.15, 0.2) is 0 Å². The summed E-state index contributed by atoms with van der Waals surface area (Å²) in [6.07, 6.45) is 1.90. The van der Waals surface area contributed by atoms with E-state index in [1.54, 1.807) is 31.3 Å². The fraction of sp³-hybridized carbons (Fsp3) is 0.318. The van der Waals surface area contributed by atoms with Crippen LogP contribution in [0.25, 0.3) is 5.69 Å². The van der Waals surface area contributed by atoms with Crippen molar-refractivity contribution in [3.8, 4) is 5.69 Å². The number of halogens is 2. The molecular weight excluding hydrogens is 439 g/mol. The molecule has 0 aliphatic carbocycles. The highest BCUT2D eigenvalue weighted by molar-refractivity contribution is 7.88. The summed E-state index contributed by atoms with van der Waals surface area (Å²) in [5, 5.41) is 5.41. The summed E-state index contributed by atoms with van der Waals surface area (Å²) in [6, 6.07) is 14.2. The maximum absolute atomic E-state index is 14.2. The van der Waals surface area contributed by atoms with E-state index in [1.807, 2.05) is 22.9 Å². The first-order valence-electron chi connectivity index (χ1n) is 9.95. The van der Waals surface area contributed by atoms with Crippen LogP contribution in [0.1, 0.15) is 22.5 Å². The third-order valence-corrected chi connectivity index (χ3v) is 7.09. The zero-order valence-electron chi connectivity index (χ0n) is 17.4. The minimum atomic E-state index is -3.35. The highest BCUT2D eigenvalue weighted by Crippen LogP contribution is 2.28. The van der Waals surface area contributed by atoms with Crippen LogP contribution in [0.5, 0.6) is 0 Å². The smallest absolute Gasteiger partial charge is 0.211 e. The number of hydrogen-bond donors (Lipinski definition) is 0. The van der Waals surface area contributed by atoms with Crippen LogP contribution in [0.2, 0.25) is 5.02 Å². The van der Waals surface area contributed by atoms with Crippen molar-refractivity contribution >= 4 is 21.6 Å². The Kier molecular flexibility index (Phi) is 6.16. The first-order valence-corrected chi connectivity index (χ1v) is 12.2. The molecule has 0 amide bonds. The Balaban J connectivity index is 1.69. The summed E-state index contributed by atoms with van der Waals surface area (Å²) in [5.41, 5.74) is 4.26. The molecule has 0 fully saturated rings. The molecule has 0 saturated heterocycles. The number of benzene rings is 2. The zero-order valence-corrected chi connectivity index (χ0v) is 19.0. The van der Waals surface area contributed by atoms with Crippen LogP contribution >= 0.6 is 11.6 Å². The van der Waals surface area contributed by atoms with Gasteiger partial charge in [-0.05, 0) is 30.3 Å². The Morgan fingerprint density at radius 1 is 1.16 bits per heavy atom. The number of fused-ring (bicyclic) bond motifs is 1. The van der Waals surface area contributed by atoms with E-state index >= 15 is 0 Å². The highest BCUT2D eigenvalue weighted by atomic mass is 35.5. The van der Waals surface area contributed by atoms with Crippen molar-refractivity contribution in [3.63, 3.8) is 0 Å². The first-order chi connectivity index (χ1) is 14.7. The lowest BCUT2D eigenvalue weighted by atomic mass is 10.0. The van der Waals surface area contributed by atoms with Crippen LogP contribution in [-0.4, -0.2) is 47.3 Å². The predicted molar refractivity (Wildman–Crippen MR) is 119 cm³/mol. The van der Waals surface area contributed by atoms with Gasteiger partial charge in [0, 0.05) is 49.3 Å². The van der Waals surface area contributed by atoms with Gasteiger partial charge in [0.2, 0.25) is 10.0 Å². The molecule has 0 unspecified atom stereocenters. The normalized spacial score (nSPS) is 14.7. The topological polar surface area (TPSA) is 58.4 Å². The quantitative estimate of drug-likeness (QED) is 0.561. The average molecular weight is 463 g/mol. The van der Waals surface area contributed by atoms with Gasteiger partial charge < -0.3 is 0 Å². The molecule has 164 valence electrons. The molecule has 6 nitrogen and oxygen atoms in total. The van der Waals surface area contributed by atoms with Crippen molar-refractivity contribution in [2.45, 2.75) is 26.1 Å². The van der Waals surface area contributed by atoms with E-state index in [4.69, 9.17) is 16.7 Å².